The number of fused-ring (bicyclic) bond motifs is 1. The summed E-state index contributed by atoms with van der Waals surface area (Å²) in [4.78, 5) is 12.8. The summed E-state index contributed by atoms with van der Waals surface area (Å²) in [6, 6.07) is 12.5. The summed E-state index contributed by atoms with van der Waals surface area (Å²) in [7, 11) is 1.40. The molecule has 3 aromatic rings. The van der Waals surface area contributed by atoms with Crippen LogP contribution in [0.3, 0.4) is 0 Å². The highest BCUT2D eigenvalue weighted by Crippen LogP contribution is 2.41. The second-order valence-corrected chi connectivity index (χ2v) is 7.02. The molecule has 0 unspecified atom stereocenters. The van der Waals surface area contributed by atoms with Gasteiger partial charge in [-0.2, -0.15) is 0 Å². The third-order valence-electron chi connectivity index (χ3n) is 3.67. The van der Waals surface area contributed by atoms with E-state index in [1.54, 1.807) is 19.9 Å². The molecule has 0 aliphatic heterocycles. The largest absolute Gasteiger partial charge is 0.494 e. The van der Waals surface area contributed by atoms with Crippen molar-refractivity contribution in [2.45, 2.75) is 26.6 Å². The average Bonchev–Trinajstić information content (AvgIpc) is 2.97. The first-order valence-corrected chi connectivity index (χ1v) is 8.99. The Hall–Kier alpha value is -2.60. The molecule has 0 aliphatic rings. The van der Waals surface area contributed by atoms with Crippen molar-refractivity contribution in [2.24, 2.45) is 0 Å². The first-order valence-electron chi connectivity index (χ1n) is 8.17. The van der Waals surface area contributed by atoms with Gasteiger partial charge >= 0.3 is 5.97 Å². The van der Waals surface area contributed by atoms with Crippen LogP contribution in [0, 0.1) is 5.82 Å². The molecule has 3 rings (SSSR count). The third-order valence-corrected chi connectivity index (χ3v) is 4.78. The van der Waals surface area contributed by atoms with Gasteiger partial charge in [0.15, 0.2) is 22.2 Å². The Morgan fingerprint density at radius 3 is 2.58 bits per heavy atom. The third kappa shape index (κ3) is 3.80. The molecule has 0 amide bonds. The van der Waals surface area contributed by atoms with Gasteiger partial charge in [0.05, 0.1) is 13.2 Å². The number of carbonyl (C=O) groups excluding carboxylic acids is 1. The minimum Gasteiger partial charge on any atom is -0.494 e. The van der Waals surface area contributed by atoms with E-state index in [0.29, 0.717) is 20.7 Å². The Bertz CT molecular complexity index is 918. The zero-order valence-corrected chi connectivity index (χ0v) is 15.6. The molecule has 1 heterocycles. The van der Waals surface area contributed by atoms with Crippen LogP contribution in [-0.4, -0.2) is 19.2 Å². The normalized spacial score (nSPS) is 11.0. The van der Waals surface area contributed by atoms with E-state index < -0.39 is 11.8 Å². The molecule has 0 atom stereocenters. The Labute approximate surface area is 155 Å². The number of halogens is 1. The van der Waals surface area contributed by atoms with E-state index in [0.717, 1.165) is 16.9 Å². The van der Waals surface area contributed by atoms with E-state index in [9.17, 15) is 9.18 Å². The Kier molecular flexibility index (Phi) is 5.42. The highest BCUT2D eigenvalue weighted by molar-refractivity contribution is 7.21. The monoisotopic (exact) mass is 374 g/mol. The Balaban J connectivity index is 2.04. The molecular formula is C20H19FO4S. The number of hydrogen-bond acceptors (Lipinski definition) is 5. The van der Waals surface area contributed by atoms with Crippen LogP contribution in [0.1, 0.15) is 29.1 Å². The van der Waals surface area contributed by atoms with Crippen LogP contribution in [0.25, 0.3) is 10.1 Å². The topological polar surface area (TPSA) is 44.8 Å². The van der Waals surface area contributed by atoms with Crippen molar-refractivity contribution in [3.63, 3.8) is 0 Å². The fraction of sp³-hybridized carbons (Fsp3) is 0.250. The van der Waals surface area contributed by atoms with Gasteiger partial charge in [0.2, 0.25) is 0 Å². The molecule has 26 heavy (non-hydrogen) atoms. The first-order chi connectivity index (χ1) is 12.5. The maximum atomic E-state index is 14.0. The van der Waals surface area contributed by atoms with Crippen LogP contribution >= 0.6 is 11.3 Å². The quantitative estimate of drug-likeness (QED) is 0.557. The Morgan fingerprint density at radius 2 is 1.92 bits per heavy atom. The van der Waals surface area contributed by atoms with Crippen molar-refractivity contribution in [1.29, 1.82) is 0 Å². The number of hydrogen-bond donors (Lipinski definition) is 0. The molecule has 0 saturated heterocycles. The van der Waals surface area contributed by atoms with Crippen molar-refractivity contribution >= 4 is 27.4 Å². The zero-order valence-electron chi connectivity index (χ0n) is 14.7. The van der Waals surface area contributed by atoms with Crippen LogP contribution in [0.2, 0.25) is 0 Å². The van der Waals surface area contributed by atoms with E-state index in [2.05, 4.69) is 0 Å². The van der Waals surface area contributed by atoms with Crippen LogP contribution in [-0.2, 0) is 11.3 Å². The van der Waals surface area contributed by atoms with Crippen LogP contribution in [0.15, 0.2) is 42.5 Å². The molecule has 0 bridgehead atoms. The molecule has 0 N–H and O–H groups in total. The molecule has 1 aromatic heterocycles. The van der Waals surface area contributed by atoms with E-state index >= 15 is 0 Å². The maximum Gasteiger partial charge on any atom is 0.352 e. The van der Waals surface area contributed by atoms with Gasteiger partial charge in [-0.05, 0) is 31.5 Å². The maximum absolute atomic E-state index is 14.0. The molecule has 2 aromatic carbocycles. The van der Waals surface area contributed by atoms with Gasteiger partial charge in [-0.1, -0.05) is 30.3 Å². The Morgan fingerprint density at radius 1 is 1.19 bits per heavy atom. The highest BCUT2D eigenvalue weighted by Gasteiger charge is 2.24. The summed E-state index contributed by atoms with van der Waals surface area (Å²) in [5.41, 5.74) is 0.962. The summed E-state index contributed by atoms with van der Waals surface area (Å²) in [5, 5.41) is 0.625. The average molecular weight is 374 g/mol. The minimum atomic E-state index is -0.486. The number of esters is 1. The standard InChI is InChI=1S/C20H19FO4S/c1-12(2)25-20(22)19-18(24-11-13-7-5-4-6-8-13)14-9-16(23-3)15(21)10-17(14)26-19/h4-10,12H,11H2,1-3H3. The van der Waals surface area contributed by atoms with Crippen LogP contribution < -0.4 is 9.47 Å². The number of ether oxygens (including phenoxy) is 3. The van der Waals surface area contributed by atoms with Gasteiger partial charge in [-0.3, -0.25) is 0 Å². The summed E-state index contributed by atoms with van der Waals surface area (Å²) in [6.07, 6.45) is -0.263. The smallest absolute Gasteiger partial charge is 0.352 e. The van der Waals surface area contributed by atoms with E-state index in [-0.39, 0.29) is 18.5 Å². The molecular weight excluding hydrogens is 355 g/mol. The van der Waals surface area contributed by atoms with E-state index in [1.165, 1.54) is 13.2 Å². The first kappa shape index (κ1) is 18.2. The molecule has 0 radical (unpaired) electrons. The van der Waals surface area contributed by atoms with Crippen molar-refractivity contribution in [3.05, 3.63) is 58.7 Å². The van der Waals surface area contributed by atoms with Gasteiger partial charge in [0.25, 0.3) is 0 Å². The SMILES string of the molecule is COc1cc2c(OCc3ccccc3)c(C(=O)OC(C)C)sc2cc1F. The van der Waals surface area contributed by atoms with Gasteiger partial charge in [0.1, 0.15) is 6.61 Å². The van der Waals surface area contributed by atoms with Crippen molar-refractivity contribution in [2.75, 3.05) is 7.11 Å². The number of rotatable bonds is 6. The van der Waals surface area contributed by atoms with E-state index in [4.69, 9.17) is 14.2 Å². The minimum absolute atomic E-state index is 0.101. The summed E-state index contributed by atoms with van der Waals surface area (Å²) in [5.74, 6) is -0.482. The fourth-order valence-corrected chi connectivity index (χ4v) is 3.54. The predicted molar refractivity (Wildman–Crippen MR) is 99.7 cm³/mol. The highest BCUT2D eigenvalue weighted by atomic mass is 32.1. The van der Waals surface area contributed by atoms with Gasteiger partial charge in [-0.15, -0.1) is 11.3 Å². The second kappa shape index (κ2) is 7.74. The number of methoxy groups -OCH3 is 1. The van der Waals surface area contributed by atoms with Gasteiger partial charge in [0, 0.05) is 10.1 Å². The fourth-order valence-electron chi connectivity index (χ4n) is 2.51. The number of thiophene rings is 1. The van der Waals surface area contributed by atoms with Crippen LogP contribution in [0.4, 0.5) is 4.39 Å². The molecule has 0 spiro atoms. The number of carbonyl (C=O) groups is 1. The summed E-state index contributed by atoms with van der Waals surface area (Å²) in [6.45, 7) is 3.84. The molecule has 0 fully saturated rings. The van der Waals surface area contributed by atoms with Crippen LogP contribution in [0.5, 0.6) is 11.5 Å². The lowest BCUT2D eigenvalue weighted by molar-refractivity contribution is 0.0379. The molecule has 6 heteroatoms. The van der Waals surface area contributed by atoms with Crippen molar-refractivity contribution < 1.29 is 23.4 Å². The molecule has 0 aliphatic carbocycles. The second-order valence-electron chi connectivity index (χ2n) is 5.97. The predicted octanol–water partition coefficient (Wildman–Crippen LogP) is 5.19. The lowest BCUT2D eigenvalue weighted by Gasteiger charge is -2.10. The molecule has 0 saturated carbocycles. The van der Waals surface area contributed by atoms with E-state index in [1.807, 2.05) is 30.3 Å². The van der Waals surface area contributed by atoms with Crippen molar-refractivity contribution in [3.8, 4) is 11.5 Å². The summed E-state index contributed by atoms with van der Waals surface area (Å²) >= 11 is 1.15. The van der Waals surface area contributed by atoms with Gasteiger partial charge in [-0.25, -0.2) is 9.18 Å². The van der Waals surface area contributed by atoms with Crippen molar-refractivity contribution in [1.82, 2.24) is 0 Å². The molecule has 136 valence electrons. The molecule has 4 nitrogen and oxygen atoms in total. The van der Waals surface area contributed by atoms with Gasteiger partial charge < -0.3 is 14.2 Å². The lowest BCUT2D eigenvalue weighted by Crippen LogP contribution is -2.11. The zero-order chi connectivity index (χ0) is 18.7. The lowest BCUT2D eigenvalue weighted by atomic mass is 10.2. The summed E-state index contributed by atoms with van der Waals surface area (Å²) < 4.78 is 31.0. The number of benzene rings is 2.